The predicted molar refractivity (Wildman–Crippen MR) is 93.5 cm³/mol. The van der Waals surface area contributed by atoms with Crippen LogP contribution in [-0.2, 0) is 11.2 Å². The smallest absolute Gasteiger partial charge is 0.138 e. The fourth-order valence-corrected chi connectivity index (χ4v) is 2.97. The van der Waals surface area contributed by atoms with E-state index in [-0.39, 0.29) is 5.78 Å². The maximum absolute atomic E-state index is 11.4. The van der Waals surface area contributed by atoms with Crippen molar-refractivity contribution >= 4 is 16.8 Å². The third-order valence-electron chi connectivity index (χ3n) is 4.03. The molecule has 3 aromatic heterocycles. The molecule has 0 bridgehead atoms. The van der Waals surface area contributed by atoms with Crippen LogP contribution in [0.25, 0.3) is 33.4 Å². The van der Waals surface area contributed by atoms with Gasteiger partial charge >= 0.3 is 0 Å². The molecular weight excluding hydrogens is 300 g/mol. The van der Waals surface area contributed by atoms with Crippen LogP contribution in [0.5, 0.6) is 0 Å². The molecule has 5 nitrogen and oxygen atoms in total. The number of H-pyrrole nitrogens is 2. The zero-order valence-electron chi connectivity index (χ0n) is 13.2. The van der Waals surface area contributed by atoms with Crippen molar-refractivity contribution in [3.8, 4) is 22.4 Å². The van der Waals surface area contributed by atoms with E-state index in [1.54, 1.807) is 19.3 Å². The Bertz CT molecular complexity index is 1010. The van der Waals surface area contributed by atoms with Crippen molar-refractivity contribution in [2.75, 3.05) is 0 Å². The van der Waals surface area contributed by atoms with Crippen LogP contribution in [0.15, 0.2) is 55.0 Å². The molecule has 0 atom stereocenters. The summed E-state index contributed by atoms with van der Waals surface area (Å²) in [5.41, 5.74) is 5.99. The summed E-state index contributed by atoms with van der Waals surface area (Å²) in [6.07, 6.45) is 5.87. The second kappa shape index (κ2) is 5.77. The number of fused-ring (bicyclic) bond motifs is 1. The van der Waals surface area contributed by atoms with E-state index in [1.807, 2.05) is 24.4 Å². The number of pyridine rings is 1. The predicted octanol–water partition coefficient (Wildman–Crippen LogP) is 3.75. The van der Waals surface area contributed by atoms with E-state index in [2.05, 4.69) is 38.4 Å². The van der Waals surface area contributed by atoms with Gasteiger partial charge < -0.3 is 4.98 Å². The van der Waals surface area contributed by atoms with Gasteiger partial charge in [-0.25, -0.2) is 4.98 Å². The van der Waals surface area contributed by atoms with Crippen molar-refractivity contribution < 1.29 is 4.79 Å². The molecule has 2 N–H and O–H groups in total. The van der Waals surface area contributed by atoms with Gasteiger partial charge in [0, 0.05) is 29.8 Å². The molecule has 4 rings (SSSR count). The minimum absolute atomic E-state index is 0.163. The number of nitrogens with one attached hydrogen (secondary N) is 2. The maximum atomic E-state index is 11.4. The van der Waals surface area contributed by atoms with Gasteiger partial charge in [0.15, 0.2) is 0 Å². The van der Waals surface area contributed by atoms with E-state index < -0.39 is 0 Å². The van der Waals surface area contributed by atoms with Crippen molar-refractivity contribution in [2.24, 2.45) is 0 Å². The summed E-state index contributed by atoms with van der Waals surface area (Å²) in [4.78, 5) is 19.1. The average Bonchev–Trinajstić information content (AvgIpc) is 3.23. The molecule has 0 aliphatic rings. The van der Waals surface area contributed by atoms with E-state index in [0.29, 0.717) is 6.42 Å². The zero-order chi connectivity index (χ0) is 16.5. The number of aromatic nitrogens is 4. The van der Waals surface area contributed by atoms with Crippen LogP contribution >= 0.6 is 0 Å². The van der Waals surface area contributed by atoms with Gasteiger partial charge in [-0.3, -0.25) is 9.89 Å². The zero-order valence-corrected chi connectivity index (χ0v) is 13.2. The number of benzene rings is 1. The minimum Gasteiger partial charge on any atom is -0.339 e. The lowest BCUT2D eigenvalue weighted by atomic mass is 9.99. The van der Waals surface area contributed by atoms with Crippen molar-refractivity contribution in [3.05, 3.63) is 60.6 Å². The van der Waals surface area contributed by atoms with Crippen LogP contribution in [0.3, 0.4) is 0 Å². The number of aromatic amines is 2. The molecule has 118 valence electrons. The largest absolute Gasteiger partial charge is 0.339 e. The number of carbonyl (C=O) groups excluding carboxylic acids is 1. The van der Waals surface area contributed by atoms with Gasteiger partial charge in [-0.15, -0.1) is 0 Å². The van der Waals surface area contributed by atoms with E-state index in [9.17, 15) is 4.79 Å². The quantitative estimate of drug-likeness (QED) is 0.602. The molecule has 0 amide bonds. The normalized spacial score (nSPS) is 11.0. The molecule has 1 aromatic carbocycles. The third-order valence-corrected chi connectivity index (χ3v) is 4.03. The van der Waals surface area contributed by atoms with E-state index >= 15 is 0 Å². The Labute approximate surface area is 138 Å². The second-order valence-electron chi connectivity index (χ2n) is 5.87. The third kappa shape index (κ3) is 2.60. The number of hydrogen-bond acceptors (Lipinski definition) is 3. The number of carbonyl (C=O) groups is 1. The Kier molecular flexibility index (Phi) is 3.46. The van der Waals surface area contributed by atoms with Crippen molar-refractivity contribution in [2.45, 2.75) is 13.3 Å². The summed E-state index contributed by atoms with van der Waals surface area (Å²) in [6.45, 7) is 1.61. The van der Waals surface area contributed by atoms with E-state index in [4.69, 9.17) is 0 Å². The van der Waals surface area contributed by atoms with Crippen LogP contribution < -0.4 is 0 Å². The molecule has 0 radical (unpaired) electrons. The van der Waals surface area contributed by atoms with Gasteiger partial charge in [-0.1, -0.05) is 24.3 Å². The Balaban J connectivity index is 1.83. The first-order valence-electron chi connectivity index (χ1n) is 7.76. The van der Waals surface area contributed by atoms with Gasteiger partial charge in [0.25, 0.3) is 0 Å². The molecular formula is C19H16N4O. The molecule has 0 saturated carbocycles. The highest BCUT2D eigenvalue weighted by atomic mass is 16.1. The van der Waals surface area contributed by atoms with Crippen molar-refractivity contribution in [3.63, 3.8) is 0 Å². The summed E-state index contributed by atoms with van der Waals surface area (Å²) in [7, 11) is 0. The molecule has 0 unspecified atom stereocenters. The summed E-state index contributed by atoms with van der Waals surface area (Å²) >= 11 is 0. The van der Waals surface area contributed by atoms with Gasteiger partial charge in [0.1, 0.15) is 11.4 Å². The Morgan fingerprint density at radius 3 is 2.88 bits per heavy atom. The Morgan fingerprint density at radius 2 is 2.08 bits per heavy atom. The summed E-state index contributed by atoms with van der Waals surface area (Å²) in [5, 5.41) is 7.86. The lowest BCUT2D eigenvalue weighted by Gasteiger charge is -2.05. The molecule has 0 fully saturated rings. The topological polar surface area (TPSA) is 74.4 Å². The number of nitrogens with zero attached hydrogens (tertiary/aromatic N) is 2. The van der Waals surface area contributed by atoms with E-state index in [0.717, 1.165) is 39.0 Å². The SMILES string of the molecule is CC(=O)Cc1cccc(-c2ccnc3[nH]c(-c4cn[nH]c4)cc23)c1. The molecule has 24 heavy (non-hydrogen) atoms. The van der Waals surface area contributed by atoms with Gasteiger partial charge in [0.2, 0.25) is 0 Å². The van der Waals surface area contributed by atoms with Crippen molar-refractivity contribution in [1.82, 2.24) is 20.2 Å². The van der Waals surface area contributed by atoms with Gasteiger partial charge in [-0.05, 0) is 35.7 Å². The molecule has 0 saturated heterocycles. The van der Waals surface area contributed by atoms with Gasteiger partial charge in [-0.2, -0.15) is 5.10 Å². The van der Waals surface area contributed by atoms with E-state index in [1.165, 1.54) is 0 Å². The number of Topliss-reactive ketones (excluding diaryl/α,β-unsaturated/α-hetero) is 1. The summed E-state index contributed by atoms with van der Waals surface area (Å²) < 4.78 is 0. The number of ketones is 1. The molecule has 5 heteroatoms. The highest BCUT2D eigenvalue weighted by Gasteiger charge is 2.11. The highest BCUT2D eigenvalue weighted by Crippen LogP contribution is 2.31. The molecule has 3 heterocycles. The van der Waals surface area contributed by atoms with Crippen molar-refractivity contribution in [1.29, 1.82) is 0 Å². The maximum Gasteiger partial charge on any atom is 0.138 e. The summed E-state index contributed by atoms with van der Waals surface area (Å²) in [6, 6.07) is 12.2. The van der Waals surface area contributed by atoms with Crippen LogP contribution in [0, 0.1) is 0 Å². The minimum atomic E-state index is 0.163. The average molecular weight is 316 g/mol. The highest BCUT2D eigenvalue weighted by molar-refractivity contribution is 5.96. The lowest BCUT2D eigenvalue weighted by Crippen LogP contribution is -1.96. The second-order valence-corrected chi connectivity index (χ2v) is 5.87. The first-order valence-corrected chi connectivity index (χ1v) is 7.76. The monoisotopic (exact) mass is 316 g/mol. The molecule has 0 aliphatic carbocycles. The first-order chi connectivity index (χ1) is 11.7. The number of hydrogen-bond donors (Lipinski definition) is 2. The van der Waals surface area contributed by atoms with Crippen LogP contribution in [-0.4, -0.2) is 25.9 Å². The standard InChI is InChI=1S/C19H16N4O/c1-12(24)7-13-3-2-4-14(8-13)16-5-6-20-19-17(16)9-18(23-19)15-10-21-22-11-15/h2-6,8-11H,7H2,1H3,(H,20,23)(H,21,22). The molecule has 0 spiro atoms. The molecule has 4 aromatic rings. The van der Waals surface area contributed by atoms with Crippen LogP contribution in [0.1, 0.15) is 12.5 Å². The Morgan fingerprint density at radius 1 is 1.17 bits per heavy atom. The van der Waals surface area contributed by atoms with Crippen LogP contribution in [0.2, 0.25) is 0 Å². The Hall–Kier alpha value is -3.21. The first kappa shape index (κ1) is 14.4. The number of rotatable bonds is 4. The fourth-order valence-electron chi connectivity index (χ4n) is 2.97. The van der Waals surface area contributed by atoms with Gasteiger partial charge in [0.05, 0.1) is 11.9 Å². The summed E-state index contributed by atoms with van der Waals surface area (Å²) in [5.74, 6) is 0.163. The molecule has 0 aliphatic heterocycles. The van der Waals surface area contributed by atoms with Crippen LogP contribution in [0.4, 0.5) is 0 Å². The lowest BCUT2D eigenvalue weighted by molar-refractivity contribution is -0.116. The fraction of sp³-hybridized carbons (Fsp3) is 0.105.